The number of hydrogen-bond acceptors (Lipinski definition) is 7. The molecule has 3 aliphatic rings. The van der Waals surface area contributed by atoms with E-state index in [-0.39, 0.29) is 18.1 Å². The summed E-state index contributed by atoms with van der Waals surface area (Å²) in [4.78, 5) is 26.5. The summed E-state index contributed by atoms with van der Waals surface area (Å²) in [7, 11) is 0. The van der Waals surface area contributed by atoms with E-state index < -0.39 is 0 Å². The number of ether oxygens (including phenoxy) is 2. The van der Waals surface area contributed by atoms with Crippen LogP contribution in [-0.4, -0.2) is 75.4 Å². The molecule has 1 aliphatic carbocycles. The number of benzene rings is 1. The molecule has 0 unspecified atom stereocenters. The molecule has 0 spiro atoms. The molecule has 4 heterocycles. The van der Waals surface area contributed by atoms with Crippen LogP contribution < -0.4 is 9.64 Å². The topological polar surface area (TPSA) is 85.1 Å². The standard InChI is InChI=1S/C30H40N6O3/c1-19-18-38-16-15-35(19)29(37)25-7-5-23(6-8-25)24-9-11-26(12-10-24)34-14-13-27(17-34)39-28-20(2)31-30-32-22(4)33-36(30)21(28)3/h9-12,19,23,25,27H,5-8,13-18H2,1-4H3/t19-,23-,25-,27-/m1/s1. The molecule has 9 nitrogen and oxygen atoms in total. The third kappa shape index (κ3) is 5.21. The minimum atomic E-state index is 0.105. The van der Waals surface area contributed by atoms with E-state index in [0.29, 0.717) is 36.6 Å². The molecule has 2 atom stereocenters. The van der Waals surface area contributed by atoms with Gasteiger partial charge in [0, 0.05) is 31.1 Å². The molecule has 0 bridgehead atoms. The van der Waals surface area contributed by atoms with Crippen LogP contribution in [0.1, 0.15) is 67.7 Å². The molecule has 0 N–H and O–H groups in total. The van der Waals surface area contributed by atoms with Gasteiger partial charge in [0.25, 0.3) is 5.78 Å². The zero-order valence-corrected chi connectivity index (χ0v) is 23.6. The lowest BCUT2D eigenvalue weighted by atomic mass is 9.78. The summed E-state index contributed by atoms with van der Waals surface area (Å²) in [5.74, 6) is 3.18. The molecule has 2 saturated heterocycles. The second kappa shape index (κ2) is 10.8. The third-order valence-electron chi connectivity index (χ3n) is 8.82. The van der Waals surface area contributed by atoms with Gasteiger partial charge in [0.05, 0.1) is 37.2 Å². The number of aromatic nitrogens is 4. The highest BCUT2D eigenvalue weighted by molar-refractivity contribution is 5.79. The van der Waals surface area contributed by atoms with Crippen LogP contribution in [0.5, 0.6) is 5.75 Å². The van der Waals surface area contributed by atoms with Crippen molar-refractivity contribution in [1.82, 2.24) is 24.5 Å². The number of anilines is 1. The lowest BCUT2D eigenvalue weighted by Crippen LogP contribution is -2.49. The molecule has 1 amide bonds. The van der Waals surface area contributed by atoms with Gasteiger partial charge in [-0.25, -0.2) is 4.98 Å². The number of aryl methyl sites for hydroxylation is 3. The van der Waals surface area contributed by atoms with Crippen molar-refractivity contribution in [2.45, 2.75) is 77.9 Å². The highest BCUT2D eigenvalue weighted by Gasteiger charge is 2.33. The maximum atomic E-state index is 13.1. The Balaban J connectivity index is 1.04. The highest BCUT2D eigenvalue weighted by atomic mass is 16.5. The smallest absolute Gasteiger partial charge is 0.253 e. The number of carbonyl (C=O) groups is 1. The molecule has 1 saturated carbocycles. The summed E-state index contributed by atoms with van der Waals surface area (Å²) in [6.07, 6.45) is 5.19. The van der Waals surface area contributed by atoms with Crippen LogP contribution in [0.15, 0.2) is 24.3 Å². The Morgan fingerprint density at radius 2 is 1.77 bits per heavy atom. The monoisotopic (exact) mass is 532 g/mol. The van der Waals surface area contributed by atoms with E-state index in [4.69, 9.17) is 9.47 Å². The van der Waals surface area contributed by atoms with E-state index in [2.05, 4.69) is 51.2 Å². The molecular weight excluding hydrogens is 492 g/mol. The van der Waals surface area contributed by atoms with Gasteiger partial charge in [0.1, 0.15) is 11.9 Å². The molecule has 3 aromatic rings. The van der Waals surface area contributed by atoms with Crippen molar-refractivity contribution in [2.24, 2.45) is 5.92 Å². The van der Waals surface area contributed by atoms with Crippen molar-refractivity contribution in [2.75, 3.05) is 37.7 Å². The summed E-state index contributed by atoms with van der Waals surface area (Å²) >= 11 is 0. The lowest BCUT2D eigenvalue weighted by Gasteiger charge is -2.37. The van der Waals surface area contributed by atoms with Gasteiger partial charge in [0.2, 0.25) is 5.91 Å². The molecule has 2 aliphatic heterocycles. The third-order valence-corrected chi connectivity index (χ3v) is 8.82. The van der Waals surface area contributed by atoms with Gasteiger partial charge in [-0.05, 0) is 77.0 Å². The van der Waals surface area contributed by atoms with Crippen molar-refractivity contribution >= 4 is 17.4 Å². The number of nitrogens with zero attached hydrogens (tertiary/aromatic N) is 6. The molecule has 208 valence electrons. The van der Waals surface area contributed by atoms with Gasteiger partial charge < -0.3 is 19.3 Å². The first-order valence-corrected chi connectivity index (χ1v) is 14.5. The number of carbonyl (C=O) groups excluding carboxylic acids is 1. The number of amides is 1. The Hall–Kier alpha value is -3.20. The Morgan fingerprint density at radius 1 is 1.00 bits per heavy atom. The minimum absolute atomic E-state index is 0.105. The average molecular weight is 533 g/mol. The predicted molar refractivity (Wildman–Crippen MR) is 149 cm³/mol. The molecule has 2 aromatic heterocycles. The maximum Gasteiger partial charge on any atom is 0.253 e. The van der Waals surface area contributed by atoms with Crippen molar-refractivity contribution in [3.63, 3.8) is 0 Å². The van der Waals surface area contributed by atoms with Crippen molar-refractivity contribution < 1.29 is 14.3 Å². The number of morpholine rings is 1. The van der Waals surface area contributed by atoms with Crippen LogP contribution in [0.25, 0.3) is 5.78 Å². The minimum Gasteiger partial charge on any atom is -0.485 e. The van der Waals surface area contributed by atoms with E-state index in [1.54, 1.807) is 4.52 Å². The fourth-order valence-corrected chi connectivity index (χ4v) is 6.58. The van der Waals surface area contributed by atoms with Crippen LogP contribution >= 0.6 is 0 Å². The van der Waals surface area contributed by atoms with Gasteiger partial charge in [-0.1, -0.05) is 12.1 Å². The Labute approximate surface area is 230 Å². The van der Waals surface area contributed by atoms with Crippen LogP contribution in [0.2, 0.25) is 0 Å². The largest absolute Gasteiger partial charge is 0.485 e. The van der Waals surface area contributed by atoms with Gasteiger partial charge in [-0.2, -0.15) is 9.50 Å². The first-order chi connectivity index (χ1) is 18.9. The molecule has 39 heavy (non-hydrogen) atoms. The fraction of sp³-hybridized carbons (Fsp3) is 0.600. The van der Waals surface area contributed by atoms with Crippen LogP contribution in [0.3, 0.4) is 0 Å². The van der Waals surface area contributed by atoms with Crippen molar-refractivity contribution in [3.8, 4) is 5.75 Å². The van der Waals surface area contributed by atoms with Gasteiger partial charge >= 0.3 is 0 Å². The van der Waals surface area contributed by atoms with Crippen LogP contribution in [0.4, 0.5) is 5.69 Å². The Morgan fingerprint density at radius 3 is 2.51 bits per heavy atom. The first kappa shape index (κ1) is 26.0. The Bertz CT molecular complexity index is 1330. The van der Waals surface area contributed by atoms with Crippen LogP contribution in [-0.2, 0) is 9.53 Å². The Kier molecular flexibility index (Phi) is 7.18. The molecule has 6 rings (SSSR count). The molecular formula is C30H40N6O3. The fourth-order valence-electron chi connectivity index (χ4n) is 6.58. The zero-order valence-electron chi connectivity index (χ0n) is 23.6. The summed E-state index contributed by atoms with van der Waals surface area (Å²) in [5.41, 5.74) is 4.43. The van der Waals surface area contributed by atoms with Crippen molar-refractivity contribution in [1.29, 1.82) is 0 Å². The summed E-state index contributed by atoms with van der Waals surface area (Å²) in [6.45, 7) is 11.8. The number of hydrogen-bond donors (Lipinski definition) is 0. The highest BCUT2D eigenvalue weighted by Crippen LogP contribution is 2.38. The number of fused-ring (bicyclic) bond motifs is 1. The SMILES string of the molecule is Cc1nc2nc(C)c(O[C@@H]3CCN(c4ccc([C@H]5CC[C@H](C(=O)N6CCOC[C@H]6C)CC5)cc4)C3)c(C)n2n1. The molecule has 9 heteroatoms. The lowest BCUT2D eigenvalue weighted by molar-refractivity contribution is -0.144. The van der Waals surface area contributed by atoms with Gasteiger partial charge in [0.15, 0.2) is 5.75 Å². The maximum absolute atomic E-state index is 13.1. The van der Waals surface area contributed by atoms with Crippen molar-refractivity contribution in [3.05, 3.63) is 47.0 Å². The van der Waals surface area contributed by atoms with E-state index >= 15 is 0 Å². The van der Waals surface area contributed by atoms with E-state index in [0.717, 1.165) is 68.9 Å². The quantitative estimate of drug-likeness (QED) is 0.486. The van der Waals surface area contributed by atoms with Gasteiger partial charge in [-0.3, -0.25) is 4.79 Å². The van der Waals surface area contributed by atoms with Gasteiger partial charge in [-0.15, -0.1) is 5.10 Å². The number of rotatable bonds is 5. The van der Waals surface area contributed by atoms with E-state index in [1.165, 1.54) is 11.3 Å². The summed E-state index contributed by atoms with van der Waals surface area (Å²) in [6, 6.07) is 9.29. The molecule has 1 aromatic carbocycles. The average Bonchev–Trinajstić information content (AvgIpc) is 3.57. The van der Waals surface area contributed by atoms with E-state index in [1.807, 2.05) is 25.7 Å². The first-order valence-electron chi connectivity index (χ1n) is 14.5. The second-order valence-corrected chi connectivity index (χ2v) is 11.6. The predicted octanol–water partition coefficient (Wildman–Crippen LogP) is 4.23. The van der Waals surface area contributed by atoms with Crippen LogP contribution in [0, 0.1) is 26.7 Å². The molecule has 3 fully saturated rings. The normalized spacial score (nSPS) is 25.8. The molecule has 0 radical (unpaired) electrons. The summed E-state index contributed by atoms with van der Waals surface area (Å²) < 4.78 is 13.8. The van der Waals surface area contributed by atoms with E-state index in [9.17, 15) is 4.79 Å². The zero-order chi connectivity index (χ0) is 27.1. The summed E-state index contributed by atoms with van der Waals surface area (Å²) in [5, 5.41) is 4.46. The second-order valence-electron chi connectivity index (χ2n) is 11.6.